The molecular formula is C19H18O4. The van der Waals surface area contributed by atoms with Gasteiger partial charge in [-0.3, -0.25) is 4.79 Å². The smallest absolute Gasteiger partial charge is 0.338 e. The van der Waals surface area contributed by atoms with Crippen LogP contribution in [-0.2, 0) is 17.6 Å². The van der Waals surface area contributed by atoms with Gasteiger partial charge in [-0.2, -0.15) is 0 Å². The predicted molar refractivity (Wildman–Crippen MR) is 86.1 cm³/mol. The lowest BCUT2D eigenvalue weighted by Crippen LogP contribution is -2.14. The lowest BCUT2D eigenvalue weighted by Gasteiger charge is -2.07. The van der Waals surface area contributed by atoms with E-state index in [1.807, 2.05) is 12.1 Å². The molecule has 2 aromatic rings. The molecule has 0 bridgehead atoms. The van der Waals surface area contributed by atoms with Crippen LogP contribution in [0.3, 0.4) is 0 Å². The number of ether oxygens (including phenoxy) is 2. The van der Waals surface area contributed by atoms with Gasteiger partial charge in [0.05, 0.1) is 12.7 Å². The van der Waals surface area contributed by atoms with Crippen LogP contribution in [0.1, 0.15) is 38.3 Å². The van der Waals surface area contributed by atoms with E-state index in [-0.39, 0.29) is 12.4 Å². The van der Waals surface area contributed by atoms with Crippen LogP contribution < -0.4 is 4.74 Å². The maximum atomic E-state index is 12.1. The second-order valence-electron chi connectivity index (χ2n) is 5.57. The number of hydrogen-bond acceptors (Lipinski definition) is 4. The van der Waals surface area contributed by atoms with Gasteiger partial charge in [0.15, 0.2) is 12.4 Å². The van der Waals surface area contributed by atoms with Crippen LogP contribution in [0, 0.1) is 0 Å². The van der Waals surface area contributed by atoms with Crippen molar-refractivity contribution in [3.63, 3.8) is 0 Å². The normalized spacial score (nSPS) is 12.6. The molecule has 0 heterocycles. The van der Waals surface area contributed by atoms with Crippen LogP contribution >= 0.6 is 0 Å². The highest BCUT2D eigenvalue weighted by Gasteiger charge is 2.16. The van der Waals surface area contributed by atoms with Crippen molar-refractivity contribution in [2.75, 3.05) is 13.7 Å². The Morgan fingerprint density at radius 1 is 1.00 bits per heavy atom. The summed E-state index contributed by atoms with van der Waals surface area (Å²) in [5, 5.41) is 0. The second kappa shape index (κ2) is 6.65. The maximum absolute atomic E-state index is 12.1. The minimum atomic E-state index is -0.462. The lowest BCUT2D eigenvalue weighted by molar-refractivity contribution is 0.0474. The van der Waals surface area contributed by atoms with Gasteiger partial charge >= 0.3 is 5.97 Å². The van der Waals surface area contributed by atoms with E-state index < -0.39 is 5.97 Å². The number of aryl methyl sites for hydroxylation is 2. The fourth-order valence-electron chi connectivity index (χ4n) is 2.79. The largest absolute Gasteiger partial charge is 0.497 e. The zero-order chi connectivity index (χ0) is 16.2. The molecule has 0 saturated heterocycles. The van der Waals surface area contributed by atoms with Gasteiger partial charge in [-0.05, 0) is 54.7 Å². The number of methoxy groups -OCH3 is 1. The van der Waals surface area contributed by atoms with E-state index in [0.29, 0.717) is 16.9 Å². The topological polar surface area (TPSA) is 52.6 Å². The SMILES string of the molecule is COc1cccc(C(=O)COC(=O)c2ccc3c(c2)CCC3)c1. The molecule has 23 heavy (non-hydrogen) atoms. The molecule has 0 aromatic heterocycles. The van der Waals surface area contributed by atoms with Crippen LogP contribution in [0.4, 0.5) is 0 Å². The molecule has 0 amide bonds. The van der Waals surface area contributed by atoms with Gasteiger partial charge in [-0.25, -0.2) is 4.79 Å². The monoisotopic (exact) mass is 310 g/mol. The highest BCUT2D eigenvalue weighted by molar-refractivity contribution is 5.99. The molecule has 0 saturated carbocycles. The summed E-state index contributed by atoms with van der Waals surface area (Å²) in [6.07, 6.45) is 3.19. The molecular weight excluding hydrogens is 292 g/mol. The Balaban J connectivity index is 1.63. The van der Waals surface area contributed by atoms with Crippen molar-refractivity contribution in [2.45, 2.75) is 19.3 Å². The van der Waals surface area contributed by atoms with Gasteiger partial charge < -0.3 is 9.47 Å². The number of fused-ring (bicyclic) bond motifs is 1. The Morgan fingerprint density at radius 3 is 2.65 bits per heavy atom. The molecule has 2 aromatic carbocycles. The van der Waals surface area contributed by atoms with Crippen molar-refractivity contribution >= 4 is 11.8 Å². The summed E-state index contributed by atoms with van der Waals surface area (Å²) in [5.41, 5.74) is 3.47. The fraction of sp³-hybridized carbons (Fsp3) is 0.263. The Hall–Kier alpha value is -2.62. The van der Waals surface area contributed by atoms with Gasteiger partial charge in [-0.15, -0.1) is 0 Å². The standard InChI is InChI=1S/C19H18O4/c1-22-17-7-3-6-15(11-17)18(20)12-23-19(21)16-9-8-13-4-2-5-14(13)10-16/h3,6-11H,2,4-5,12H2,1H3. The van der Waals surface area contributed by atoms with Crippen LogP contribution in [0.25, 0.3) is 0 Å². The number of rotatable bonds is 5. The van der Waals surface area contributed by atoms with Gasteiger partial charge in [0.2, 0.25) is 0 Å². The lowest BCUT2D eigenvalue weighted by atomic mass is 10.1. The molecule has 0 aliphatic heterocycles. The first kappa shape index (κ1) is 15.3. The summed E-state index contributed by atoms with van der Waals surface area (Å²) in [4.78, 5) is 24.2. The summed E-state index contributed by atoms with van der Waals surface area (Å²) in [6, 6.07) is 12.4. The third-order valence-corrected chi connectivity index (χ3v) is 4.06. The first-order valence-corrected chi connectivity index (χ1v) is 7.63. The molecule has 0 fully saturated rings. The van der Waals surface area contributed by atoms with E-state index in [1.54, 1.807) is 30.3 Å². The Labute approximate surface area is 135 Å². The molecule has 0 N–H and O–H groups in total. The van der Waals surface area contributed by atoms with Gasteiger partial charge in [0.1, 0.15) is 5.75 Å². The van der Waals surface area contributed by atoms with Crippen molar-refractivity contribution < 1.29 is 19.1 Å². The highest BCUT2D eigenvalue weighted by Crippen LogP contribution is 2.23. The molecule has 4 heteroatoms. The Morgan fingerprint density at radius 2 is 1.83 bits per heavy atom. The van der Waals surface area contributed by atoms with Crippen molar-refractivity contribution in [3.8, 4) is 5.75 Å². The van der Waals surface area contributed by atoms with E-state index in [4.69, 9.17) is 9.47 Å². The molecule has 1 aliphatic carbocycles. The Bertz CT molecular complexity index is 749. The van der Waals surface area contributed by atoms with E-state index in [1.165, 1.54) is 18.2 Å². The van der Waals surface area contributed by atoms with Crippen LogP contribution in [-0.4, -0.2) is 25.5 Å². The number of esters is 1. The van der Waals surface area contributed by atoms with Crippen LogP contribution in [0.5, 0.6) is 5.75 Å². The molecule has 0 unspecified atom stereocenters. The number of Topliss-reactive ketones (excluding diaryl/α,β-unsaturated/α-hetero) is 1. The first-order chi connectivity index (χ1) is 11.2. The summed E-state index contributed by atoms with van der Waals surface area (Å²) in [6.45, 7) is -0.275. The maximum Gasteiger partial charge on any atom is 0.338 e. The second-order valence-corrected chi connectivity index (χ2v) is 5.57. The third kappa shape index (κ3) is 3.42. The molecule has 4 nitrogen and oxygen atoms in total. The number of ketones is 1. The summed E-state index contributed by atoms with van der Waals surface area (Å²) < 4.78 is 10.2. The van der Waals surface area contributed by atoms with E-state index >= 15 is 0 Å². The van der Waals surface area contributed by atoms with Crippen molar-refractivity contribution in [2.24, 2.45) is 0 Å². The van der Waals surface area contributed by atoms with Crippen molar-refractivity contribution in [1.82, 2.24) is 0 Å². The quantitative estimate of drug-likeness (QED) is 0.628. The van der Waals surface area contributed by atoms with E-state index in [9.17, 15) is 9.59 Å². The van der Waals surface area contributed by atoms with Gasteiger partial charge in [0, 0.05) is 5.56 Å². The molecule has 118 valence electrons. The summed E-state index contributed by atoms with van der Waals surface area (Å²) >= 11 is 0. The van der Waals surface area contributed by atoms with Crippen molar-refractivity contribution in [1.29, 1.82) is 0 Å². The molecule has 0 radical (unpaired) electrons. The molecule has 3 rings (SSSR count). The minimum Gasteiger partial charge on any atom is -0.497 e. The highest BCUT2D eigenvalue weighted by atomic mass is 16.5. The van der Waals surface area contributed by atoms with Crippen LogP contribution in [0.15, 0.2) is 42.5 Å². The summed E-state index contributed by atoms with van der Waals surface area (Å²) in [7, 11) is 1.54. The predicted octanol–water partition coefficient (Wildman–Crippen LogP) is 3.22. The Kier molecular flexibility index (Phi) is 4.42. The van der Waals surface area contributed by atoms with E-state index in [0.717, 1.165) is 19.3 Å². The zero-order valence-corrected chi connectivity index (χ0v) is 13.0. The molecule has 0 atom stereocenters. The van der Waals surface area contributed by atoms with E-state index in [2.05, 4.69) is 0 Å². The first-order valence-electron chi connectivity index (χ1n) is 7.63. The average molecular weight is 310 g/mol. The average Bonchev–Trinajstić information content (AvgIpc) is 3.07. The zero-order valence-electron chi connectivity index (χ0n) is 13.0. The van der Waals surface area contributed by atoms with Gasteiger partial charge in [-0.1, -0.05) is 18.2 Å². The third-order valence-electron chi connectivity index (χ3n) is 4.06. The number of carbonyl (C=O) groups excluding carboxylic acids is 2. The molecule has 0 spiro atoms. The number of carbonyl (C=O) groups is 2. The fourth-order valence-corrected chi connectivity index (χ4v) is 2.79. The molecule has 1 aliphatic rings. The van der Waals surface area contributed by atoms with Crippen molar-refractivity contribution in [3.05, 3.63) is 64.7 Å². The van der Waals surface area contributed by atoms with Crippen LogP contribution in [0.2, 0.25) is 0 Å². The minimum absolute atomic E-state index is 0.251. The number of benzene rings is 2. The summed E-state index contributed by atoms with van der Waals surface area (Å²) in [5.74, 6) is -0.116. The van der Waals surface area contributed by atoms with Gasteiger partial charge in [0.25, 0.3) is 0 Å². The number of hydrogen-bond donors (Lipinski definition) is 0.